The highest BCUT2D eigenvalue weighted by atomic mass is 35.5. The van der Waals surface area contributed by atoms with Crippen LogP contribution in [0.1, 0.15) is 32.4 Å². The first-order valence-electron chi connectivity index (χ1n) is 6.53. The fraction of sp³-hybridized carbons (Fsp3) is 0.462. The van der Waals surface area contributed by atoms with Crippen LogP contribution >= 0.6 is 23.2 Å². The zero-order chi connectivity index (χ0) is 17.8. The van der Waals surface area contributed by atoms with Gasteiger partial charge in [0.15, 0.2) is 0 Å². The first-order valence-corrected chi connectivity index (χ1v) is 8.77. The number of aliphatic hydroxyl groups is 1. The average molecular weight is 385 g/mol. The molecule has 1 atom stereocenters. The van der Waals surface area contributed by atoms with E-state index in [1.165, 1.54) is 18.2 Å². The van der Waals surface area contributed by atoms with Crippen molar-refractivity contribution < 1.29 is 23.1 Å². The molecule has 0 bridgehead atoms. The highest BCUT2D eigenvalue weighted by Gasteiger charge is 2.22. The molecule has 0 heterocycles. The van der Waals surface area contributed by atoms with Crippen LogP contribution in [-0.2, 0) is 14.9 Å². The zero-order valence-corrected chi connectivity index (χ0v) is 15.1. The number of benzene rings is 1. The molecule has 3 N–H and O–H groups in total. The van der Waals surface area contributed by atoms with Crippen molar-refractivity contribution in [2.24, 2.45) is 0 Å². The molecule has 0 saturated heterocycles. The van der Waals surface area contributed by atoms with Crippen LogP contribution in [0.3, 0.4) is 0 Å². The summed E-state index contributed by atoms with van der Waals surface area (Å²) >= 11 is 11.7. The normalized spacial score (nSPS) is 13.5. The van der Waals surface area contributed by atoms with Gasteiger partial charge in [-0.1, -0.05) is 23.2 Å². The minimum absolute atomic E-state index is 0.237. The molecule has 0 saturated carbocycles. The van der Waals surface area contributed by atoms with E-state index in [0.717, 1.165) is 0 Å². The van der Waals surface area contributed by atoms with Gasteiger partial charge in [-0.2, -0.15) is 13.1 Å². The monoisotopic (exact) mass is 384 g/mol. The van der Waals surface area contributed by atoms with Crippen molar-refractivity contribution in [1.29, 1.82) is 0 Å². The summed E-state index contributed by atoms with van der Waals surface area (Å²) < 4.78 is 32.0. The summed E-state index contributed by atoms with van der Waals surface area (Å²) in [5, 5.41) is 10.6. The number of aliphatic hydroxyl groups excluding tert-OH is 1. The van der Waals surface area contributed by atoms with Crippen molar-refractivity contribution in [3.8, 4) is 0 Å². The summed E-state index contributed by atoms with van der Waals surface area (Å²) in [5.74, 6) is 0. The van der Waals surface area contributed by atoms with E-state index >= 15 is 0 Å². The predicted molar refractivity (Wildman–Crippen MR) is 87.7 cm³/mol. The first kappa shape index (κ1) is 20.0. The Labute approximate surface area is 145 Å². The Balaban J connectivity index is 2.65. The largest absolute Gasteiger partial charge is 0.443 e. The zero-order valence-electron chi connectivity index (χ0n) is 12.8. The first-order chi connectivity index (χ1) is 10.4. The number of amides is 1. The molecule has 0 spiro atoms. The molecule has 1 rings (SSSR count). The summed E-state index contributed by atoms with van der Waals surface area (Å²) in [4.78, 5) is 11.4. The SMILES string of the molecule is CC(C)(C)OC(=O)NS(=O)(=O)NCC(O)c1cc(Cl)ccc1Cl. The highest BCUT2D eigenvalue weighted by molar-refractivity contribution is 7.88. The van der Waals surface area contributed by atoms with Gasteiger partial charge in [0.05, 0.1) is 6.10 Å². The molecular weight excluding hydrogens is 367 g/mol. The maximum atomic E-state index is 11.7. The molecule has 1 aromatic carbocycles. The number of rotatable bonds is 5. The third-order valence-electron chi connectivity index (χ3n) is 2.40. The number of hydrogen-bond acceptors (Lipinski definition) is 5. The lowest BCUT2D eigenvalue weighted by Gasteiger charge is -2.20. The molecule has 23 heavy (non-hydrogen) atoms. The number of hydrogen-bond donors (Lipinski definition) is 3. The van der Waals surface area contributed by atoms with Gasteiger partial charge in [0.1, 0.15) is 5.60 Å². The van der Waals surface area contributed by atoms with E-state index in [1.54, 1.807) is 25.5 Å². The second-order valence-electron chi connectivity index (χ2n) is 5.64. The summed E-state index contributed by atoms with van der Waals surface area (Å²) in [6.45, 7) is 4.38. The third kappa shape index (κ3) is 7.36. The Bertz CT molecular complexity index is 673. The van der Waals surface area contributed by atoms with Crippen LogP contribution in [0.15, 0.2) is 18.2 Å². The lowest BCUT2D eigenvalue weighted by atomic mass is 10.1. The van der Waals surface area contributed by atoms with Gasteiger partial charge in [-0.15, -0.1) is 0 Å². The van der Waals surface area contributed by atoms with Crippen molar-refractivity contribution in [3.63, 3.8) is 0 Å². The maximum absolute atomic E-state index is 11.7. The maximum Gasteiger partial charge on any atom is 0.422 e. The molecule has 0 radical (unpaired) electrons. The molecule has 0 aliphatic heterocycles. The predicted octanol–water partition coefficient (Wildman–Crippen LogP) is 2.39. The Morgan fingerprint density at radius 3 is 2.52 bits per heavy atom. The number of nitrogens with one attached hydrogen (secondary N) is 2. The van der Waals surface area contributed by atoms with Crippen LogP contribution in [0, 0.1) is 0 Å². The minimum Gasteiger partial charge on any atom is -0.443 e. The van der Waals surface area contributed by atoms with Gasteiger partial charge in [0.2, 0.25) is 0 Å². The highest BCUT2D eigenvalue weighted by Crippen LogP contribution is 2.26. The van der Waals surface area contributed by atoms with Crippen LogP contribution in [-0.4, -0.2) is 31.8 Å². The van der Waals surface area contributed by atoms with Crippen LogP contribution in [0.4, 0.5) is 4.79 Å². The van der Waals surface area contributed by atoms with E-state index in [0.29, 0.717) is 5.02 Å². The van der Waals surface area contributed by atoms with Gasteiger partial charge in [-0.05, 0) is 39.0 Å². The van der Waals surface area contributed by atoms with Gasteiger partial charge in [-0.3, -0.25) is 0 Å². The van der Waals surface area contributed by atoms with Crippen molar-refractivity contribution >= 4 is 39.5 Å². The van der Waals surface area contributed by atoms with Gasteiger partial charge in [0.25, 0.3) is 0 Å². The Morgan fingerprint density at radius 1 is 1.35 bits per heavy atom. The Morgan fingerprint density at radius 2 is 1.96 bits per heavy atom. The van der Waals surface area contributed by atoms with Gasteiger partial charge in [0, 0.05) is 22.2 Å². The second kappa shape index (κ2) is 7.67. The Hall–Kier alpha value is -1.06. The Kier molecular flexibility index (Phi) is 6.67. The molecule has 1 unspecified atom stereocenters. The van der Waals surface area contributed by atoms with E-state index < -0.39 is 34.6 Å². The summed E-state index contributed by atoms with van der Waals surface area (Å²) in [5.41, 5.74) is -0.577. The molecule has 0 aromatic heterocycles. The lowest BCUT2D eigenvalue weighted by Crippen LogP contribution is -2.44. The average Bonchev–Trinajstić information content (AvgIpc) is 2.36. The standard InChI is InChI=1S/C13H18Cl2N2O5S/c1-13(2,3)22-12(19)17-23(20,21)16-7-11(18)9-6-8(14)4-5-10(9)15/h4-6,11,16,18H,7H2,1-3H3,(H,17,19). The molecule has 0 aliphatic rings. The van der Waals surface area contributed by atoms with Gasteiger partial charge in [-0.25, -0.2) is 9.52 Å². The van der Waals surface area contributed by atoms with Crippen LogP contribution < -0.4 is 9.44 Å². The molecule has 130 valence electrons. The summed E-state index contributed by atoms with van der Waals surface area (Å²) in [7, 11) is -4.19. The van der Waals surface area contributed by atoms with Crippen LogP contribution in [0.25, 0.3) is 0 Å². The number of carbonyl (C=O) groups is 1. The van der Waals surface area contributed by atoms with Crippen molar-refractivity contribution in [1.82, 2.24) is 9.44 Å². The number of ether oxygens (including phenoxy) is 1. The van der Waals surface area contributed by atoms with Crippen LogP contribution in [0.2, 0.25) is 10.0 Å². The molecule has 0 aliphatic carbocycles. The topological polar surface area (TPSA) is 105 Å². The molecule has 10 heteroatoms. The fourth-order valence-electron chi connectivity index (χ4n) is 1.51. The number of carbonyl (C=O) groups excluding carboxylic acids is 1. The third-order valence-corrected chi connectivity index (χ3v) is 3.96. The smallest absolute Gasteiger partial charge is 0.422 e. The quantitative estimate of drug-likeness (QED) is 0.722. The fourth-order valence-corrected chi connectivity index (χ4v) is 2.65. The summed E-state index contributed by atoms with van der Waals surface area (Å²) in [6, 6.07) is 4.44. The van der Waals surface area contributed by atoms with Crippen LogP contribution in [0.5, 0.6) is 0 Å². The van der Waals surface area contributed by atoms with E-state index in [-0.39, 0.29) is 10.6 Å². The van der Waals surface area contributed by atoms with Crippen molar-refractivity contribution in [2.45, 2.75) is 32.5 Å². The van der Waals surface area contributed by atoms with Crippen molar-refractivity contribution in [3.05, 3.63) is 33.8 Å². The van der Waals surface area contributed by atoms with E-state index in [9.17, 15) is 18.3 Å². The number of halogens is 2. The molecule has 1 aromatic rings. The summed E-state index contributed by atoms with van der Waals surface area (Å²) in [6.07, 6.45) is -2.36. The second-order valence-corrected chi connectivity index (χ2v) is 7.98. The molecule has 1 amide bonds. The molecule has 7 nitrogen and oxygen atoms in total. The van der Waals surface area contributed by atoms with E-state index in [2.05, 4.69) is 0 Å². The lowest BCUT2D eigenvalue weighted by molar-refractivity contribution is 0.0569. The molecule has 0 fully saturated rings. The van der Waals surface area contributed by atoms with Gasteiger partial charge < -0.3 is 9.84 Å². The minimum atomic E-state index is -4.19. The van der Waals surface area contributed by atoms with E-state index in [4.69, 9.17) is 27.9 Å². The van der Waals surface area contributed by atoms with Gasteiger partial charge >= 0.3 is 16.3 Å². The van der Waals surface area contributed by atoms with E-state index in [1.807, 2.05) is 4.72 Å². The molecular formula is C13H18Cl2N2O5S. The van der Waals surface area contributed by atoms with Crippen molar-refractivity contribution in [2.75, 3.05) is 6.54 Å².